The molecule has 0 aromatic heterocycles. The summed E-state index contributed by atoms with van der Waals surface area (Å²) in [4.78, 5) is 2.16. The first-order chi connectivity index (χ1) is 12.5. The smallest absolute Gasteiger partial charge is 0.116 e. The van der Waals surface area contributed by atoms with E-state index in [1.807, 2.05) is 18.2 Å². The number of rotatable bonds is 5. The molecule has 0 amide bonds. The van der Waals surface area contributed by atoms with Crippen LogP contribution in [0.5, 0.6) is 5.75 Å². The van der Waals surface area contributed by atoms with Gasteiger partial charge >= 0.3 is 0 Å². The van der Waals surface area contributed by atoms with Crippen LogP contribution >= 0.6 is 12.4 Å². The summed E-state index contributed by atoms with van der Waals surface area (Å²) in [5.41, 5.74) is 7.07. The second kappa shape index (κ2) is 9.40. The van der Waals surface area contributed by atoms with Crippen molar-refractivity contribution in [1.82, 2.24) is 4.90 Å². The van der Waals surface area contributed by atoms with Crippen LogP contribution in [0.4, 0.5) is 0 Å². The first kappa shape index (κ1) is 20.8. The molecule has 3 heteroatoms. The van der Waals surface area contributed by atoms with Gasteiger partial charge in [-0.15, -0.1) is 12.4 Å². The fourth-order valence-corrected chi connectivity index (χ4v) is 3.33. The molecule has 0 atom stereocenters. The van der Waals surface area contributed by atoms with Gasteiger partial charge in [-0.05, 0) is 61.0 Å². The van der Waals surface area contributed by atoms with Crippen LogP contribution in [0.25, 0.3) is 16.7 Å². The molecule has 140 valence electrons. The van der Waals surface area contributed by atoms with E-state index in [-0.39, 0.29) is 12.4 Å². The topological polar surface area (TPSA) is 23.5 Å². The summed E-state index contributed by atoms with van der Waals surface area (Å²) in [6.45, 7) is 3.02. The summed E-state index contributed by atoms with van der Waals surface area (Å²) in [6, 6.07) is 26.5. The van der Waals surface area contributed by atoms with Crippen molar-refractivity contribution in [3.63, 3.8) is 0 Å². The predicted octanol–water partition coefficient (Wildman–Crippen LogP) is 5.86. The second-order valence-corrected chi connectivity index (χ2v) is 6.89. The van der Waals surface area contributed by atoms with Crippen LogP contribution in [0.1, 0.15) is 18.1 Å². The monoisotopic (exact) mass is 379 g/mol. The lowest BCUT2D eigenvalue weighted by molar-refractivity contribution is 0.446. The summed E-state index contributed by atoms with van der Waals surface area (Å²) in [5, 5.41) is 9.93. The van der Waals surface area contributed by atoms with Crippen molar-refractivity contribution in [2.24, 2.45) is 0 Å². The highest BCUT2D eigenvalue weighted by atomic mass is 35.5. The molecule has 2 nitrogen and oxygen atoms in total. The SMILES string of the molecule is C/C(CN(C)C)=C(/c1ccc(-c2ccccc2)cc1)c1cccc(O)c1.Cl. The lowest BCUT2D eigenvalue weighted by Crippen LogP contribution is -2.15. The number of likely N-dealkylation sites (N-methyl/N-ethyl adjacent to an activating group) is 1. The summed E-state index contributed by atoms with van der Waals surface area (Å²) in [7, 11) is 4.14. The van der Waals surface area contributed by atoms with Gasteiger partial charge in [0.25, 0.3) is 0 Å². The molecular weight excluding hydrogens is 354 g/mol. The number of phenols is 1. The van der Waals surface area contributed by atoms with Crippen molar-refractivity contribution in [2.45, 2.75) is 6.92 Å². The minimum atomic E-state index is 0. The van der Waals surface area contributed by atoms with E-state index >= 15 is 0 Å². The highest BCUT2D eigenvalue weighted by molar-refractivity contribution is 5.85. The molecule has 0 bridgehead atoms. The van der Waals surface area contributed by atoms with Crippen LogP contribution in [0.15, 0.2) is 84.4 Å². The predicted molar refractivity (Wildman–Crippen MR) is 117 cm³/mol. The summed E-state index contributed by atoms with van der Waals surface area (Å²) >= 11 is 0. The Balaban J connectivity index is 0.00000261. The molecule has 3 rings (SSSR count). The van der Waals surface area contributed by atoms with E-state index in [9.17, 15) is 5.11 Å². The normalized spacial score (nSPS) is 11.7. The van der Waals surface area contributed by atoms with Gasteiger partial charge in [-0.2, -0.15) is 0 Å². The molecule has 0 saturated carbocycles. The van der Waals surface area contributed by atoms with Crippen LogP contribution in [0.2, 0.25) is 0 Å². The van der Waals surface area contributed by atoms with Crippen molar-refractivity contribution < 1.29 is 5.11 Å². The van der Waals surface area contributed by atoms with Crippen molar-refractivity contribution in [1.29, 1.82) is 0 Å². The van der Waals surface area contributed by atoms with Crippen molar-refractivity contribution in [3.8, 4) is 16.9 Å². The number of phenolic OH excluding ortho intramolecular Hbond substituents is 1. The molecule has 0 heterocycles. The van der Waals surface area contributed by atoms with Crippen LogP contribution in [-0.4, -0.2) is 30.6 Å². The van der Waals surface area contributed by atoms with E-state index in [4.69, 9.17) is 0 Å². The summed E-state index contributed by atoms with van der Waals surface area (Å²) in [6.07, 6.45) is 0. The maximum absolute atomic E-state index is 9.93. The van der Waals surface area contributed by atoms with E-state index in [0.29, 0.717) is 5.75 Å². The molecule has 3 aromatic rings. The maximum Gasteiger partial charge on any atom is 0.116 e. The van der Waals surface area contributed by atoms with Crippen LogP contribution in [0, 0.1) is 0 Å². The van der Waals surface area contributed by atoms with E-state index in [1.165, 1.54) is 22.3 Å². The van der Waals surface area contributed by atoms with Crippen molar-refractivity contribution in [3.05, 3.63) is 95.6 Å². The molecule has 27 heavy (non-hydrogen) atoms. The van der Waals surface area contributed by atoms with Gasteiger partial charge in [-0.1, -0.05) is 72.3 Å². The van der Waals surface area contributed by atoms with Gasteiger partial charge in [0.2, 0.25) is 0 Å². The molecule has 1 N–H and O–H groups in total. The number of nitrogens with zero attached hydrogens (tertiary/aromatic N) is 1. The van der Waals surface area contributed by atoms with E-state index in [0.717, 1.165) is 17.7 Å². The molecule has 0 aliphatic heterocycles. The van der Waals surface area contributed by atoms with E-state index in [1.54, 1.807) is 6.07 Å². The Morgan fingerprint density at radius 1 is 0.778 bits per heavy atom. The van der Waals surface area contributed by atoms with Gasteiger partial charge in [-0.25, -0.2) is 0 Å². The van der Waals surface area contributed by atoms with E-state index in [2.05, 4.69) is 80.5 Å². The fourth-order valence-electron chi connectivity index (χ4n) is 3.33. The lowest BCUT2D eigenvalue weighted by Gasteiger charge is -2.17. The Morgan fingerprint density at radius 3 is 2.00 bits per heavy atom. The molecular formula is C24H26ClNO. The number of hydrogen-bond acceptors (Lipinski definition) is 2. The Kier molecular flexibility index (Phi) is 7.23. The zero-order chi connectivity index (χ0) is 18.5. The lowest BCUT2D eigenvalue weighted by atomic mass is 9.92. The van der Waals surface area contributed by atoms with Crippen LogP contribution < -0.4 is 0 Å². The van der Waals surface area contributed by atoms with Crippen LogP contribution in [0.3, 0.4) is 0 Å². The Hall–Kier alpha value is -2.55. The van der Waals surface area contributed by atoms with Gasteiger partial charge in [-0.3, -0.25) is 0 Å². The minimum Gasteiger partial charge on any atom is -0.508 e. The zero-order valence-electron chi connectivity index (χ0n) is 16.0. The molecule has 0 spiro atoms. The number of benzene rings is 3. The second-order valence-electron chi connectivity index (χ2n) is 6.89. The van der Waals surface area contributed by atoms with Crippen molar-refractivity contribution in [2.75, 3.05) is 20.6 Å². The molecule has 0 aliphatic rings. The number of halogens is 1. The Morgan fingerprint density at radius 2 is 1.41 bits per heavy atom. The average molecular weight is 380 g/mol. The van der Waals surface area contributed by atoms with Gasteiger partial charge in [0.05, 0.1) is 0 Å². The Labute approximate surface area is 168 Å². The number of aromatic hydroxyl groups is 1. The summed E-state index contributed by atoms with van der Waals surface area (Å²) in [5.74, 6) is 0.290. The number of hydrogen-bond donors (Lipinski definition) is 1. The third-order valence-corrected chi connectivity index (χ3v) is 4.40. The fraction of sp³-hybridized carbons (Fsp3) is 0.167. The maximum atomic E-state index is 9.93. The largest absolute Gasteiger partial charge is 0.508 e. The van der Waals surface area contributed by atoms with E-state index < -0.39 is 0 Å². The molecule has 0 aliphatic carbocycles. The third-order valence-electron chi connectivity index (χ3n) is 4.40. The molecule has 0 unspecified atom stereocenters. The first-order valence-electron chi connectivity index (χ1n) is 8.84. The quantitative estimate of drug-likeness (QED) is 0.599. The molecule has 3 aromatic carbocycles. The third kappa shape index (κ3) is 5.22. The standard InChI is InChI=1S/C24H25NO.ClH/c1-18(17-25(2)3)24(22-10-7-11-23(26)16-22)21-14-12-20(13-15-21)19-8-5-4-6-9-19;/h4-16,26H,17H2,1-3H3;1H/b24-18+;. The molecule has 0 fully saturated rings. The zero-order valence-corrected chi connectivity index (χ0v) is 16.8. The van der Waals surface area contributed by atoms with Gasteiger partial charge < -0.3 is 10.0 Å². The summed E-state index contributed by atoms with van der Waals surface area (Å²) < 4.78 is 0. The Bertz CT molecular complexity index is 899. The highest BCUT2D eigenvalue weighted by Gasteiger charge is 2.11. The van der Waals surface area contributed by atoms with Crippen LogP contribution in [-0.2, 0) is 0 Å². The minimum absolute atomic E-state index is 0. The molecule has 0 radical (unpaired) electrons. The van der Waals surface area contributed by atoms with Gasteiger partial charge in [0.15, 0.2) is 0 Å². The van der Waals surface area contributed by atoms with Gasteiger partial charge in [0, 0.05) is 6.54 Å². The van der Waals surface area contributed by atoms with Gasteiger partial charge in [0.1, 0.15) is 5.75 Å². The molecule has 0 saturated heterocycles. The highest BCUT2D eigenvalue weighted by Crippen LogP contribution is 2.31. The average Bonchev–Trinajstić information content (AvgIpc) is 2.63. The van der Waals surface area contributed by atoms with Crippen molar-refractivity contribution >= 4 is 18.0 Å². The first-order valence-corrected chi connectivity index (χ1v) is 8.84.